The Morgan fingerprint density at radius 1 is 1.42 bits per heavy atom. The van der Waals surface area contributed by atoms with Crippen molar-refractivity contribution in [3.05, 3.63) is 0 Å². The molecule has 1 aliphatic heterocycles. The van der Waals surface area contributed by atoms with Crippen molar-refractivity contribution in [2.45, 2.75) is 31.2 Å². The number of carbonyl (C=O) groups is 1. The van der Waals surface area contributed by atoms with Crippen LogP contribution in [0.1, 0.15) is 19.3 Å². The molecule has 2 fully saturated rings. The number of Topliss-reactive ketones (excluding diaryl/α,β-unsaturated/α-hetero) is 1. The van der Waals surface area contributed by atoms with Gasteiger partial charge in [0.05, 0.1) is 13.2 Å². The van der Waals surface area contributed by atoms with Gasteiger partial charge in [-0.2, -0.15) is 0 Å². The van der Waals surface area contributed by atoms with Gasteiger partial charge in [0.1, 0.15) is 6.10 Å². The number of ketones is 1. The van der Waals surface area contributed by atoms with Gasteiger partial charge in [-0.25, -0.2) is 0 Å². The van der Waals surface area contributed by atoms with Crippen LogP contribution in [0.25, 0.3) is 0 Å². The highest BCUT2D eigenvalue weighted by Crippen LogP contribution is 2.34. The van der Waals surface area contributed by atoms with E-state index in [1.165, 1.54) is 0 Å². The molecule has 0 radical (unpaired) electrons. The van der Waals surface area contributed by atoms with E-state index in [0.29, 0.717) is 32.5 Å². The second kappa shape index (κ2) is 2.80. The predicted octanol–water partition coefficient (Wildman–Crippen LogP) is -0.157. The summed E-state index contributed by atoms with van der Waals surface area (Å²) in [4.78, 5) is 11.0. The molecule has 2 rings (SSSR count). The van der Waals surface area contributed by atoms with Crippen LogP contribution >= 0.6 is 0 Å². The summed E-state index contributed by atoms with van der Waals surface area (Å²) in [6.07, 6.45) is 0.354. The summed E-state index contributed by atoms with van der Waals surface area (Å²) < 4.78 is 10.7. The van der Waals surface area contributed by atoms with Crippen molar-refractivity contribution in [3.63, 3.8) is 0 Å². The fourth-order valence-corrected chi connectivity index (χ4v) is 1.75. The van der Waals surface area contributed by atoms with Gasteiger partial charge >= 0.3 is 0 Å². The number of aliphatic hydroxyl groups excluding tert-OH is 1. The largest absolute Gasteiger partial charge is 0.385 e. The minimum absolute atomic E-state index is 0.0975. The highest BCUT2D eigenvalue weighted by molar-refractivity contribution is 5.83. The molecule has 2 aliphatic rings. The first-order valence-corrected chi connectivity index (χ1v) is 4.21. The van der Waals surface area contributed by atoms with Gasteiger partial charge < -0.3 is 14.6 Å². The van der Waals surface area contributed by atoms with Crippen molar-refractivity contribution >= 4 is 5.78 Å². The average molecular weight is 172 g/mol. The topological polar surface area (TPSA) is 55.8 Å². The minimum atomic E-state index is -0.892. The van der Waals surface area contributed by atoms with Gasteiger partial charge in [0.25, 0.3) is 0 Å². The Morgan fingerprint density at radius 3 is 2.67 bits per heavy atom. The third kappa shape index (κ3) is 1.26. The monoisotopic (exact) mass is 172 g/mol. The lowest BCUT2D eigenvalue weighted by atomic mass is 9.91. The predicted molar refractivity (Wildman–Crippen MR) is 39.5 cm³/mol. The van der Waals surface area contributed by atoms with E-state index in [-0.39, 0.29) is 5.78 Å². The lowest BCUT2D eigenvalue weighted by Crippen LogP contribution is -2.43. The average Bonchev–Trinajstić information content (AvgIpc) is 2.47. The number of aliphatic hydroxyl groups is 1. The first-order valence-electron chi connectivity index (χ1n) is 4.21. The van der Waals surface area contributed by atoms with Crippen molar-refractivity contribution in [3.8, 4) is 0 Å². The number of rotatable bonds is 0. The second-order valence-electron chi connectivity index (χ2n) is 3.29. The quantitative estimate of drug-likeness (QED) is 0.551. The van der Waals surface area contributed by atoms with Crippen LogP contribution in [0.3, 0.4) is 0 Å². The third-order valence-electron chi connectivity index (χ3n) is 2.44. The lowest BCUT2D eigenvalue weighted by Gasteiger charge is -2.32. The van der Waals surface area contributed by atoms with Gasteiger partial charge in [0.2, 0.25) is 0 Å². The Kier molecular flexibility index (Phi) is 1.90. The molecule has 1 saturated carbocycles. The Labute approximate surface area is 70.5 Å². The second-order valence-corrected chi connectivity index (χ2v) is 3.29. The molecular formula is C8H12O4. The fourth-order valence-electron chi connectivity index (χ4n) is 1.75. The van der Waals surface area contributed by atoms with Crippen molar-refractivity contribution in [1.82, 2.24) is 0 Å². The number of ether oxygens (including phenoxy) is 2. The van der Waals surface area contributed by atoms with Gasteiger partial charge in [-0.3, -0.25) is 4.79 Å². The van der Waals surface area contributed by atoms with E-state index < -0.39 is 11.9 Å². The van der Waals surface area contributed by atoms with E-state index in [1.807, 2.05) is 0 Å². The molecule has 0 aromatic carbocycles. The minimum Gasteiger partial charge on any atom is -0.385 e. The molecule has 1 saturated heterocycles. The molecule has 4 heteroatoms. The highest BCUT2D eigenvalue weighted by Gasteiger charge is 2.43. The van der Waals surface area contributed by atoms with Crippen LogP contribution in [-0.2, 0) is 14.3 Å². The maximum Gasteiger partial charge on any atom is 0.171 e. The van der Waals surface area contributed by atoms with Crippen molar-refractivity contribution in [2.75, 3.05) is 13.2 Å². The standard InChI is InChI=1S/C8H12O4/c9-6-1-2-8(5-7(6)10)11-3-4-12-8/h7,10H,1-5H2. The summed E-state index contributed by atoms with van der Waals surface area (Å²) >= 11 is 0. The van der Waals surface area contributed by atoms with Crippen LogP contribution in [0.4, 0.5) is 0 Å². The van der Waals surface area contributed by atoms with Gasteiger partial charge in [-0.1, -0.05) is 0 Å². The Bertz CT molecular complexity index is 195. The highest BCUT2D eigenvalue weighted by atomic mass is 16.7. The molecule has 1 N–H and O–H groups in total. The summed E-state index contributed by atoms with van der Waals surface area (Å²) in [6, 6.07) is 0. The van der Waals surface area contributed by atoms with E-state index in [9.17, 15) is 9.90 Å². The van der Waals surface area contributed by atoms with Crippen LogP contribution in [0.2, 0.25) is 0 Å². The van der Waals surface area contributed by atoms with Crippen LogP contribution in [0, 0.1) is 0 Å². The normalized spacial score (nSPS) is 34.4. The van der Waals surface area contributed by atoms with Crippen molar-refractivity contribution in [1.29, 1.82) is 0 Å². The molecule has 1 aliphatic carbocycles. The zero-order chi connectivity index (χ0) is 8.60. The van der Waals surface area contributed by atoms with Gasteiger partial charge in [-0.15, -0.1) is 0 Å². The number of hydrogen-bond donors (Lipinski definition) is 1. The molecule has 0 aromatic heterocycles. The molecule has 0 bridgehead atoms. The molecule has 0 amide bonds. The maximum absolute atomic E-state index is 11.0. The SMILES string of the molecule is O=C1CCC2(CC1O)OCCO2. The molecule has 68 valence electrons. The lowest BCUT2D eigenvalue weighted by molar-refractivity contribution is -0.196. The summed E-state index contributed by atoms with van der Waals surface area (Å²) in [5.41, 5.74) is 0. The van der Waals surface area contributed by atoms with E-state index >= 15 is 0 Å². The van der Waals surface area contributed by atoms with Crippen LogP contribution in [0.5, 0.6) is 0 Å². The van der Waals surface area contributed by atoms with Crippen LogP contribution < -0.4 is 0 Å². The Morgan fingerprint density at radius 2 is 2.08 bits per heavy atom. The van der Waals surface area contributed by atoms with E-state index in [1.54, 1.807) is 0 Å². The van der Waals surface area contributed by atoms with E-state index in [2.05, 4.69) is 0 Å². The van der Waals surface area contributed by atoms with Gasteiger partial charge in [-0.05, 0) is 0 Å². The van der Waals surface area contributed by atoms with Gasteiger partial charge in [0, 0.05) is 19.3 Å². The molecule has 12 heavy (non-hydrogen) atoms. The first kappa shape index (κ1) is 8.16. The molecule has 1 unspecified atom stereocenters. The summed E-state index contributed by atoms with van der Waals surface area (Å²) in [7, 11) is 0. The Hall–Kier alpha value is -0.450. The maximum atomic E-state index is 11.0. The van der Waals surface area contributed by atoms with Gasteiger partial charge in [0.15, 0.2) is 11.6 Å². The van der Waals surface area contributed by atoms with Crippen molar-refractivity contribution in [2.24, 2.45) is 0 Å². The smallest absolute Gasteiger partial charge is 0.171 e. The fraction of sp³-hybridized carbons (Fsp3) is 0.875. The van der Waals surface area contributed by atoms with Crippen LogP contribution in [-0.4, -0.2) is 36.0 Å². The molecular weight excluding hydrogens is 160 g/mol. The first-order chi connectivity index (χ1) is 5.72. The summed E-state index contributed by atoms with van der Waals surface area (Å²) in [5.74, 6) is -0.743. The number of carbonyl (C=O) groups excluding carboxylic acids is 1. The van der Waals surface area contributed by atoms with E-state index in [4.69, 9.17) is 9.47 Å². The molecule has 1 spiro atoms. The molecule has 1 atom stereocenters. The van der Waals surface area contributed by atoms with Crippen LogP contribution in [0.15, 0.2) is 0 Å². The van der Waals surface area contributed by atoms with E-state index in [0.717, 1.165) is 0 Å². The number of hydrogen-bond acceptors (Lipinski definition) is 4. The van der Waals surface area contributed by atoms with Crippen molar-refractivity contribution < 1.29 is 19.4 Å². The zero-order valence-corrected chi connectivity index (χ0v) is 6.78. The molecule has 1 heterocycles. The summed E-state index contributed by atoms with van der Waals surface area (Å²) in [6.45, 7) is 1.14. The Balaban J connectivity index is 2.05. The molecule has 0 aromatic rings. The summed E-state index contributed by atoms with van der Waals surface area (Å²) in [5, 5.41) is 9.29. The zero-order valence-electron chi connectivity index (χ0n) is 6.78. The molecule has 4 nitrogen and oxygen atoms in total. The third-order valence-corrected chi connectivity index (χ3v) is 2.44.